The highest BCUT2D eigenvalue weighted by molar-refractivity contribution is 6.33. The average molecular weight is 411 g/mol. The Morgan fingerprint density at radius 3 is 2.69 bits per heavy atom. The fraction of sp³-hybridized carbons (Fsp3) is 0.286. The summed E-state index contributed by atoms with van der Waals surface area (Å²) in [6.45, 7) is 10.7. The zero-order valence-electron chi connectivity index (χ0n) is 16.7. The smallest absolute Gasteiger partial charge is 0.257 e. The molecule has 0 unspecified atom stereocenters. The molecule has 7 nitrogen and oxygen atoms in total. The monoisotopic (exact) mass is 410 g/mol. The molecule has 1 amide bonds. The lowest BCUT2D eigenvalue weighted by molar-refractivity contribution is 0.0651. The van der Waals surface area contributed by atoms with Gasteiger partial charge in [0.2, 0.25) is 0 Å². The quantitative estimate of drug-likeness (QED) is 0.441. The van der Waals surface area contributed by atoms with Crippen LogP contribution in [0.15, 0.2) is 41.4 Å². The number of nitrogens with one attached hydrogen (secondary N) is 1. The molecule has 1 fully saturated rings. The van der Waals surface area contributed by atoms with Gasteiger partial charge < -0.3 is 10.2 Å². The van der Waals surface area contributed by atoms with E-state index < -0.39 is 0 Å². The molecule has 0 radical (unpaired) electrons. The van der Waals surface area contributed by atoms with Gasteiger partial charge in [-0.1, -0.05) is 17.7 Å². The predicted octanol–water partition coefficient (Wildman–Crippen LogP) is 4.05. The third-order valence-corrected chi connectivity index (χ3v) is 5.05. The van der Waals surface area contributed by atoms with E-state index in [1.807, 2.05) is 32.9 Å². The van der Waals surface area contributed by atoms with Crippen LogP contribution in [0.25, 0.3) is 5.57 Å². The molecule has 1 N–H and O–H groups in total. The Balaban J connectivity index is 1.95. The van der Waals surface area contributed by atoms with Crippen LogP contribution in [-0.4, -0.2) is 45.6 Å². The summed E-state index contributed by atoms with van der Waals surface area (Å²) in [5.41, 5.74) is 2.88. The molecule has 1 saturated heterocycles. The first-order valence-electron chi connectivity index (χ1n) is 9.30. The van der Waals surface area contributed by atoms with E-state index in [4.69, 9.17) is 11.6 Å². The number of pyridine rings is 1. The van der Waals surface area contributed by atoms with Crippen LogP contribution in [0.3, 0.4) is 0 Å². The first-order chi connectivity index (χ1) is 13.9. The highest BCUT2D eigenvalue weighted by Crippen LogP contribution is 2.29. The van der Waals surface area contributed by atoms with Gasteiger partial charge in [-0.25, -0.2) is 19.9 Å². The molecule has 0 aromatic carbocycles. The second-order valence-electron chi connectivity index (χ2n) is 6.65. The highest BCUT2D eigenvalue weighted by Gasteiger charge is 2.27. The predicted molar refractivity (Wildman–Crippen MR) is 116 cm³/mol. The van der Waals surface area contributed by atoms with Crippen molar-refractivity contribution in [2.75, 3.05) is 18.4 Å². The molecular formula is C21H23ClN6O. The van der Waals surface area contributed by atoms with Crippen LogP contribution in [0.2, 0.25) is 5.15 Å². The van der Waals surface area contributed by atoms with Gasteiger partial charge in [0.15, 0.2) is 0 Å². The molecule has 0 atom stereocenters. The van der Waals surface area contributed by atoms with Crippen LogP contribution in [0.1, 0.15) is 40.7 Å². The van der Waals surface area contributed by atoms with Crippen molar-refractivity contribution in [2.24, 2.45) is 4.99 Å². The van der Waals surface area contributed by atoms with Gasteiger partial charge in [-0.05, 0) is 57.2 Å². The minimum Gasteiger partial charge on any atom is -0.338 e. The van der Waals surface area contributed by atoms with Gasteiger partial charge in [0.05, 0.1) is 5.56 Å². The SMILES string of the molecule is C=N/C(=C\C(=C/C)c1cnc(Cl)c(C(=O)N2CCC2)c1C)Nc1ccnc(C)n1. The van der Waals surface area contributed by atoms with Gasteiger partial charge in [-0.3, -0.25) is 4.79 Å². The van der Waals surface area contributed by atoms with E-state index in [2.05, 4.69) is 32.0 Å². The summed E-state index contributed by atoms with van der Waals surface area (Å²) in [7, 11) is 0. The first kappa shape index (κ1) is 20.7. The van der Waals surface area contributed by atoms with Crippen molar-refractivity contribution >= 4 is 35.6 Å². The van der Waals surface area contributed by atoms with Crippen molar-refractivity contribution in [2.45, 2.75) is 27.2 Å². The Hall–Kier alpha value is -3.06. The number of allylic oxidation sites excluding steroid dienone is 3. The van der Waals surface area contributed by atoms with Gasteiger partial charge in [0, 0.05) is 31.0 Å². The summed E-state index contributed by atoms with van der Waals surface area (Å²) >= 11 is 6.28. The Bertz CT molecular complexity index is 1010. The average Bonchev–Trinajstić information content (AvgIpc) is 2.64. The Morgan fingerprint density at radius 2 is 2.10 bits per heavy atom. The number of carbonyl (C=O) groups excluding carboxylic acids is 1. The summed E-state index contributed by atoms with van der Waals surface area (Å²) in [6, 6.07) is 1.75. The van der Waals surface area contributed by atoms with Crippen LogP contribution in [-0.2, 0) is 0 Å². The van der Waals surface area contributed by atoms with Crippen LogP contribution in [0.5, 0.6) is 0 Å². The van der Waals surface area contributed by atoms with Gasteiger partial charge in [0.1, 0.15) is 22.6 Å². The summed E-state index contributed by atoms with van der Waals surface area (Å²) in [4.78, 5) is 31.3. The standard InChI is InChI=1S/C21H23ClN6O/c1-5-15(11-18(23-4)27-17-7-8-24-14(3)26-17)16-12-25-20(22)19(13(16)2)21(29)28-9-6-10-28/h5,7-8,11-12H,4,6,9-10H2,1-3H3,(H,24,26,27)/b15-5+,18-11+. The number of aryl methyl sites for hydroxylation is 1. The topological polar surface area (TPSA) is 83.4 Å². The molecule has 2 aromatic rings. The van der Waals surface area contributed by atoms with E-state index >= 15 is 0 Å². The fourth-order valence-corrected chi connectivity index (χ4v) is 3.30. The van der Waals surface area contributed by atoms with Crippen molar-refractivity contribution < 1.29 is 4.79 Å². The summed E-state index contributed by atoms with van der Waals surface area (Å²) in [5.74, 6) is 1.70. The molecule has 0 spiro atoms. The zero-order chi connectivity index (χ0) is 21.0. The van der Waals surface area contributed by atoms with Crippen molar-refractivity contribution in [1.29, 1.82) is 0 Å². The van der Waals surface area contributed by atoms with Crippen LogP contribution in [0.4, 0.5) is 5.82 Å². The van der Waals surface area contributed by atoms with Crippen molar-refractivity contribution in [1.82, 2.24) is 19.9 Å². The summed E-state index contributed by atoms with van der Waals surface area (Å²) in [5, 5.41) is 3.35. The third kappa shape index (κ3) is 4.51. The Morgan fingerprint density at radius 1 is 1.34 bits per heavy atom. The minimum atomic E-state index is -0.0795. The maximum absolute atomic E-state index is 12.8. The van der Waals surface area contributed by atoms with E-state index in [1.54, 1.807) is 23.4 Å². The summed E-state index contributed by atoms with van der Waals surface area (Å²) in [6.07, 6.45) is 8.11. The van der Waals surface area contributed by atoms with Crippen molar-refractivity contribution in [3.05, 3.63) is 64.1 Å². The molecule has 1 aliphatic rings. The second kappa shape index (κ2) is 8.96. The van der Waals surface area contributed by atoms with E-state index in [-0.39, 0.29) is 11.1 Å². The normalized spacial score (nSPS) is 14.4. The molecule has 0 aliphatic carbocycles. The number of halogens is 1. The van der Waals surface area contributed by atoms with E-state index in [9.17, 15) is 4.79 Å². The molecular weight excluding hydrogens is 388 g/mol. The number of aliphatic imine (C=N–C) groups is 1. The lowest BCUT2D eigenvalue weighted by atomic mass is 9.97. The molecule has 3 heterocycles. The minimum absolute atomic E-state index is 0.0795. The van der Waals surface area contributed by atoms with Crippen LogP contribution < -0.4 is 5.32 Å². The largest absolute Gasteiger partial charge is 0.338 e. The number of anilines is 1. The zero-order valence-corrected chi connectivity index (χ0v) is 17.5. The Labute approximate surface area is 175 Å². The lowest BCUT2D eigenvalue weighted by Gasteiger charge is -2.31. The molecule has 3 rings (SSSR count). The van der Waals surface area contributed by atoms with E-state index in [0.29, 0.717) is 23.0 Å². The number of likely N-dealkylation sites (tertiary alicyclic amines) is 1. The maximum Gasteiger partial charge on any atom is 0.257 e. The molecule has 0 saturated carbocycles. The van der Waals surface area contributed by atoms with Crippen LogP contribution in [0, 0.1) is 13.8 Å². The number of hydrogen-bond donors (Lipinski definition) is 1. The Kier molecular flexibility index (Phi) is 6.39. The van der Waals surface area contributed by atoms with Crippen molar-refractivity contribution in [3.63, 3.8) is 0 Å². The van der Waals surface area contributed by atoms with E-state index in [0.717, 1.165) is 36.2 Å². The molecule has 150 valence electrons. The first-order valence-corrected chi connectivity index (χ1v) is 9.68. The van der Waals surface area contributed by atoms with Crippen LogP contribution >= 0.6 is 11.6 Å². The highest BCUT2D eigenvalue weighted by atomic mass is 35.5. The van der Waals surface area contributed by atoms with Gasteiger partial charge in [0.25, 0.3) is 5.91 Å². The number of rotatable bonds is 6. The van der Waals surface area contributed by atoms with E-state index in [1.165, 1.54) is 0 Å². The second-order valence-corrected chi connectivity index (χ2v) is 7.01. The molecule has 1 aliphatic heterocycles. The number of aromatic nitrogens is 3. The number of hydrogen-bond acceptors (Lipinski definition) is 6. The molecule has 0 bridgehead atoms. The number of carbonyl (C=O) groups is 1. The molecule has 8 heteroatoms. The number of nitrogens with zero attached hydrogens (tertiary/aromatic N) is 5. The van der Waals surface area contributed by atoms with Gasteiger partial charge in [-0.2, -0.15) is 0 Å². The third-order valence-electron chi connectivity index (χ3n) is 4.77. The lowest BCUT2D eigenvalue weighted by Crippen LogP contribution is -2.42. The molecule has 29 heavy (non-hydrogen) atoms. The fourth-order valence-electron chi connectivity index (χ4n) is 3.03. The van der Waals surface area contributed by atoms with Gasteiger partial charge >= 0.3 is 0 Å². The maximum atomic E-state index is 12.8. The molecule has 2 aromatic heterocycles. The van der Waals surface area contributed by atoms with Crippen molar-refractivity contribution in [3.8, 4) is 0 Å². The van der Waals surface area contributed by atoms with Gasteiger partial charge in [-0.15, -0.1) is 0 Å². The summed E-state index contributed by atoms with van der Waals surface area (Å²) < 4.78 is 0. The number of amides is 1.